The molecule has 2 heterocycles. The molecule has 0 radical (unpaired) electrons. The highest BCUT2D eigenvalue weighted by molar-refractivity contribution is 7.39. The Morgan fingerprint density at radius 3 is 2.12 bits per heavy atom. The predicted octanol–water partition coefficient (Wildman–Crippen LogP) is 5.60. The highest BCUT2D eigenvalue weighted by Crippen LogP contribution is 2.40. The van der Waals surface area contributed by atoms with Crippen LogP contribution in [-0.2, 0) is 0 Å². The van der Waals surface area contributed by atoms with E-state index >= 15 is 0 Å². The molecule has 3 aromatic carbocycles. The van der Waals surface area contributed by atoms with Gasteiger partial charge in [0.05, 0.1) is 0 Å². The summed E-state index contributed by atoms with van der Waals surface area (Å²) >= 11 is 0. The number of piperidine rings is 1. The molecule has 8 nitrogen and oxygen atoms in total. The van der Waals surface area contributed by atoms with Crippen molar-refractivity contribution in [1.29, 1.82) is 0 Å². The maximum absolute atomic E-state index is 10.5. The quantitative estimate of drug-likeness (QED) is 0.204. The molecule has 1 saturated heterocycles. The van der Waals surface area contributed by atoms with E-state index in [-0.39, 0.29) is 13.4 Å². The lowest BCUT2D eigenvalue weighted by molar-refractivity contribution is 0.0617. The molecule has 3 aromatic rings. The maximum Gasteiger partial charge on any atom is 0.391 e. The largest absolute Gasteiger partial charge is 0.491 e. The van der Waals surface area contributed by atoms with Gasteiger partial charge in [-0.1, -0.05) is 43.7 Å². The Kier molecular flexibility index (Phi) is 9.57. The fraction of sp³-hybridized carbons (Fsp3) is 0.355. The van der Waals surface area contributed by atoms with Crippen LogP contribution in [0.3, 0.4) is 0 Å². The van der Waals surface area contributed by atoms with Crippen molar-refractivity contribution in [1.82, 2.24) is 4.90 Å². The lowest BCUT2D eigenvalue weighted by Crippen LogP contribution is -2.38. The van der Waals surface area contributed by atoms with Gasteiger partial charge in [0.15, 0.2) is 11.5 Å². The summed E-state index contributed by atoms with van der Waals surface area (Å²) in [6, 6.07) is 21.2. The van der Waals surface area contributed by atoms with E-state index in [1.54, 1.807) is 12.1 Å². The second-order valence-electron chi connectivity index (χ2n) is 9.99. The molecule has 0 bridgehead atoms. The minimum absolute atomic E-state index is 0.213. The number of aliphatic hydroxyl groups is 1. The summed E-state index contributed by atoms with van der Waals surface area (Å²) in [6.07, 6.45) is 3.87. The van der Waals surface area contributed by atoms with Crippen LogP contribution >= 0.6 is 8.60 Å². The number of fused-ring (bicyclic) bond motifs is 1. The third kappa shape index (κ3) is 7.14. The molecule has 1 atom stereocenters. The van der Waals surface area contributed by atoms with E-state index in [0.29, 0.717) is 18.0 Å². The van der Waals surface area contributed by atoms with Crippen molar-refractivity contribution in [3.05, 3.63) is 83.4 Å². The maximum atomic E-state index is 10.5. The molecular weight excluding hydrogens is 529 g/mol. The van der Waals surface area contributed by atoms with Crippen LogP contribution in [0.1, 0.15) is 49.3 Å². The number of allylic oxidation sites excluding steroid dienone is 1. The van der Waals surface area contributed by atoms with Gasteiger partial charge in [0, 0.05) is 6.54 Å². The first-order valence-corrected chi connectivity index (χ1v) is 14.9. The van der Waals surface area contributed by atoms with Gasteiger partial charge in [-0.3, -0.25) is 0 Å². The number of likely N-dealkylation sites (tertiary alicyclic amines) is 1. The minimum Gasteiger partial charge on any atom is -0.491 e. The number of nitrogens with zero attached hydrogens (tertiary/aromatic N) is 1. The van der Waals surface area contributed by atoms with Gasteiger partial charge in [-0.15, -0.1) is 0 Å². The molecule has 212 valence electrons. The molecule has 2 aliphatic heterocycles. The molecule has 0 amide bonds. The average molecular weight is 566 g/mol. The van der Waals surface area contributed by atoms with E-state index in [4.69, 9.17) is 18.7 Å². The van der Waals surface area contributed by atoms with Crippen molar-refractivity contribution in [3.63, 3.8) is 0 Å². The van der Waals surface area contributed by atoms with Crippen LogP contribution in [0.25, 0.3) is 11.1 Å². The summed E-state index contributed by atoms with van der Waals surface area (Å²) < 4.78 is 22.2. The summed E-state index contributed by atoms with van der Waals surface area (Å²) in [5.74, 6) is 2.53. The molecule has 9 heteroatoms. The summed E-state index contributed by atoms with van der Waals surface area (Å²) in [4.78, 5) is 20.8. The number of rotatable bonds is 11. The van der Waals surface area contributed by atoms with E-state index < -0.39 is 14.7 Å². The highest BCUT2D eigenvalue weighted by atomic mass is 31.2. The van der Waals surface area contributed by atoms with Crippen LogP contribution < -0.4 is 18.7 Å². The molecule has 5 rings (SSSR count). The number of aliphatic hydroxyl groups excluding tert-OH is 1. The number of hydrogen-bond donors (Lipinski definition) is 3. The Morgan fingerprint density at radius 2 is 1.48 bits per heavy atom. The SMILES string of the molecule is CC/C(=C(/c1ccc(OCC(O)CN2CCCCC2)cc1)c1ccc(OP(O)O)cc1)c1ccc2c(c1)OCO2. The van der Waals surface area contributed by atoms with Gasteiger partial charge in [0.25, 0.3) is 0 Å². The average Bonchev–Trinajstić information content (AvgIpc) is 3.44. The summed E-state index contributed by atoms with van der Waals surface area (Å²) in [7, 11) is -2.49. The Morgan fingerprint density at radius 1 is 0.850 bits per heavy atom. The van der Waals surface area contributed by atoms with Crippen LogP contribution in [0.5, 0.6) is 23.0 Å². The molecule has 0 saturated carbocycles. The summed E-state index contributed by atoms with van der Waals surface area (Å²) in [5.41, 5.74) is 5.12. The number of benzene rings is 3. The molecule has 0 aliphatic carbocycles. The van der Waals surface area contributed by atoms with Gasteiger partial charge in [-0.25, -0.2) is 0 Å². The summed E-state index contributed by atoms with van der Waals surface area (Å²) in [6.45, 7) is 5.29. The van der Waals surface area contributed by atoms with Crippen LogP contribution in [-0.4, -0.2) is 58.9 Å². The monoisotopic (exact) mass is 565 g/mol. The van der Waals surface area contributed by atoms with Crippen molar-refractivity contribution in [2.45, 2.75) is 38.7 Å². The predicted molar refractivity (Wildman–Crippen MR) is 155 cm³/mol. The third-order valence-corrected chi connectivity index (χ3v) is 7.58. The van der Waals surface area contributed by atoms with Gasteiger partial charge in [-0.2, -0.15) is 0 Å². The molecule has 3 N–H and O–H groups in total. The first-order valence-electron chi connectivity index (χ1n) is 13.7. The van der Waals surface area contributed by atoms with Crippen LogP contribution in [0, 0.1) is 0 Å². The second kappa shape index (κ2) is 13.5. The van der Waals surface area contributed by atoms with Gasteiger partial charge in [0.1, 0.15) is 24.2 Å². The first-order chi connectivity index (χ1) is 19.5. The molecule has 0 spiro atoms. The molecule has 1 unspecified atom stereocenters. The van der Waals surface area contributed by atoms with E-state index in [0.717, 1.165) is 58.8 Å². The van der Waals surface area contributed by atoms with Crippen LogP contribution in [0.15, 0.2) is 66.7 Å². The van der Waals surface area contributed by atoms with E-state index in [9.17, 15) is 14.9 Å². The number of hydrogen-bond acceptors (Lipinski definition) is 8. The smallest absolute Gasteiger partial charge is 0.391 e. The van der Waals surface area contributed by atoms with Crippen molar-refractivity contribution < 1.29 is 33.6 Å². The zero-order valence-corrected chi connectivity index (χ0v) is 23.6. The Hall–Kier alpha value is -3.13. The van der Waals surface area contributed by atoms with Gasteiger partial charge < -0.3 is 38.5 Å². The minimum atomic E-state index is -2.49. The first kappa shape index (κ1) is 28.4. The molecule has 40 heavy (non-hydrogen) atoms. The van der Waals surface area contributed by atoms with Gasteiger partial charge in [-0.05, 0) is 96.6 Å². The van der Waals surface area contributed by atoms with Gasteiger partial charge in [0.2, 0.25) is 6.79 Å². The zero-order valence-electron chi connectivity index (χ0n) is 22.7. The summed E-state index contributed by atoms with van der Waals surface area (Å²) in [5, 5.41) is 10.5. The highest BCUT2D eigenvalue weighted by Gasteiger charge is 2.19. The number of β-amino-alcohol motifs (C(OH)–C–C–N with tert-alkyl or cyclic N) is 1. The van der Waals surface area contributed by atoms with Gasteiger partial charge >= 0.3 is 8.60 Å². The lowest BCUT2D eigenvalue weighted by atomic mass is 9.88. The lowest BCUT2D eigenvalue weighted by Gasteiger charge is -2.28. The van der Waals surface area contributed by atoms with E-state index in [1.807, 2.05) is 54.6 Å². The Labute approximate surface area is 236 Å². The fourth-order valence-electron chi connectivity index (χ4n) is 5.30. The number of ether oxygens (including phenoxy) is 3. The van der Waals surface area contributed by atoms with E-state index in [1.165, 1.54) is 19.3 Å². The standard InChI is InChI=1S/C31H36NO7P/c1-2-28(24-10-15-29-30(18-24)38-21-37-29)31(23-8-13-27(14-9-23)39-40(34)35)22-6-11-26(12-7-22)36-20-25(33)19-32-16-4-3-5-17-32/h6-15,18,25,33-35H,2-5,16-17,19-21H2,1H3/b31-28+. The van der Waals surface area contributed by atoms with Crippen LogP contribution in [0.2, 0.25) is 0 Å². The Balaban J connectivity index is 1.41. The van der Waals surface area contributed by atoms with Crippen molar-refractivity contribution in [3.8, 4) is 23.0 Å². The third-order valence-electron chi connectivity index (χ3n) is 7.21. The fourth-order valence-corrected chi connectivity index (χ4v) is 5.61. The molecule has 0 aromatic heterocycles. The molecule has 2 aliphatic rings. The van der Waals surface area contributed by atoms with E-state index in [2.05, 4.69) is 11.8 Å². The second-order valence-corrected chi connectivity index (χ2v) is 10.7. The topological polar surface area (TPSA) is 101 Å². The molecule has 1 fully saturated rings. The van der Waals surface area contributed by atoms with Crippen molar-refractivity contribution in [2.24, 2.45) is 0 Å². The van der Waals surface area contributed by atoms with Crippen molar-refractivity contribution >= 4 is 19.7 Å². The Bertz CT molecular complexity index is 1290. The molecular formula is C31H36NO7P. The zero-order chi connectivity index (χ0) is 27.9. The van der Waals surface area contributed by atoms with Crippen LogP contribution in [0.4, 0.5) is 0 Å². The normalized spacial score (nSPS) is 16.5. The van der Waals surface area contributed by atoms with Crippen molar-refractivity contribution in [2.75, 3.05) is 33.0 Å².